The summed E-state index contributed by atoms with van der Waals surface area (Å²) >= 11 is 0. The number of pyridine rings is 2. The van der Waals surface area contributed by atoms with Crippen LogP contribution in [0.15, 0.2) is 158 Å². The van der Waals surface area contributed by atoms with Crippen molar-refractivity contribution >= 4 is 43.6 Å². The first kappa shape index (κ1) is 35.1. The molecule has 8 nitrogen and oxygen atoms in total. The Balaban J connectivity index is 1.05. The van der Waals surface area contributed by atoms with Crippen LogP contribution in [0.4, 0.5) is 0 Å². The van der Waals surface area contributed by atoms with Crippen LogP contribution in [0, 0.1) is 0 Å². The molecule has 10 rings (SSSR count). The fourth-order valence-electron chi connectivity index (χ4n) is 7.80. The highest BCUT2D eigenvalue weighted by atomic mass is 16.5. The lowest BCUT2D eigenvalue weighted by atomic mass is 10.1. The van der Waals surface area contributed by atoms with Crippen molar-refractivity contribution in [3.8, 4) is 46.0 Å². The zero-order chi connectivity index (χ0) is 39.3. The Labute approximate surface area is 336 Å². The van der Waals surface area contributed by atoms with Gasteiger partial charge in [-0.15, -0.1) is 0 Å². The molecule has 0 spiro atoms. The number of nitrogens with zero attached hydrogens (tertiary/aromatic N) is 6. The first-order valence-corrected chi connectivity index (χ1v) is 19.7. The largest absolute Gasteiger partial charge is 0.457 e. The zero-order valence-electron chi connectivity index (χ0n) is 32.7. The average Bonchev–Trinajstić information content (AvgIpc) is 3.76. The van der Waals surface area contributed by atoms with Gasteiger partial charge in [0.2, 0.25) is 0 Å². The second kappa shape index (κ2) is 14.3. The highest BCUT2D eigenvalue weighted by Gasteiger charge is 2.18. The van der Waals surface area contributed by atoms with E-state index in [9.17, 15) is 0 Å². The van der Waals surface area contributed by atoms with Crippen LogP contribution >= 0.6 is 0 Å². The Morgan fingerprint density at radius 3 is 1.33 bits per heavy atom. The van der Waals surface area contributed by atoms with E-state index in [-0.39, 0.29) is 0 Å². The number of rotatable bonds is 9. The molecule has 0 saturated carbocycles. The number of para-hydroxylation sites is 2. The second-order valence-corrected chi connectivity index (χ2v) is 15.2. The summed E-state index contributed by atoms with van der Waals surface area (Å²) in [6.07, 6.45) is 7.41. The van der Waals surface area contributed by atoms with Crippen LogP contribution in [0.3, 0.4) is 0 Å². The van der Waals surface area contributed by atoms with E-state index in [4.69, 9.17) is 19.4 Å². The molecule has 0 N–H and O–H groups in total. The number of hydrogen-bond acceptors (Lipinski definition) is 6. The van der Waals surface area contributed by atoms with Crippen molar-refractivity contribution in [2.45, 2.75) is 39.5 Å². The summed E-state index contributed by atoms with van der Waals surface area (Å²) < 4.78 is 17.8. The smallest absolute Gasteiger partial charge is 0.159 e. The van der Waals surface area contributed by atoms with Gasteiger partial charge in [0, 0.05) is 70.1 Å². The summed E-state index contributed by atoms with van der Waals surface area (Å²) in [6.45, 7) is 8.72. The summed E-state index contributed by atoms with van der Waals surface area (Å²) in [5.41, 5.74) is 7.32. The van der Waals surface area contributed by atoms with Gasteiger partial charge >= 0.3 is 0 Å². The molecule has 0 radical (unpaired) electrons. The van der Waals surface area contributed by atoms with Crippen molar-refractivity contribution < 1.29 is 9.47 Å². The fraction of sp³-hybridized carbons (Fsp3) is 0.120. The molecule has 0 fully saturated rings. The number of hydrogen-bond donors (Lipinski definition) is 0. The van der Waals surface area contributed by atoms with Crippen molar-refractivity contribution in [3.05, 3.63) is 169 Å². The summed E-state index contributed by atoms with van der Waals surface area (Å²) in [5, 5.41) is 4.54. The maximum Gasteiger partial charge on any atom is 0.159 e. The molecule has 0 saturated heterocycles. The number of benzene rings is 5. The zero-order valence-corrected chi connectivity index (χ0v) is 32.7. The van der Waals surface area contributed by atoms with Crippen molar-refractivity contribution in [2.75, 3.05) is 0 Å². The van der Waals surface area contributed by atoms with Crippen LogP contribution in [0.2, 0.25) is 0 Å². The third-order valence-corrected chi connectivity index (χ3v) is 10.8. The van der Waals surface area contributed by atoms with Gasteiger partial charge in [0.15, 0.2) is 5.82 Å². The van der Waals surface area contributed by atoms with Crippen molar-refractivity contribution in [2.24, 2.45) is 0 Å². The van der Waals surface area contributed by atoms with E-state index in [1.807, 2.05) is 42.7 Å². The van der Waals surface area contributed by atoms with Gasteiger partial charge in [-0.05, 0) is 89.7 Å². The van der Waals surface area contributed by atoms with Gasteiger partial charge in [-0.2, -0.15) is 0 Å². The van der Waals surface area contributed by atoms with Gasteiger partial charge in [0.05, 0.1) is 22.1 Å². The van der Waals surface area contributed by atoms with Gasteiger partial charge in [-0.3, -0.25) is 9.13 Å². The standard InChI is InChI=1S/C50H40N6O2/c1-31(2)33-14-20-48(53-29-33)55-44-12-7-5-10-40(44)42-18-16-36(27-46(42)55)57-38-24-35(50-51-22-9-23-52-50)25-39(26-38)58-37-17-19-43-41-11-6-8-13-45(41)56(47(43)28-37)49-21-15-34(30-54-49)32(3)4/h5-32H,1-4H3. The second-order valence-electron chi connectivity index (χ2n) is 15.2. The lowest BCUT2D eigenvalue weighted by Crippen LogP contribution is -1.99. The third kappa shape index (κ3) is 6.29. The molecule has 10 aromatic rings. The lowest BCUT2D eigenvalue weighted by molar-refractivity contribution is 0.461. The third-order valence-electron chi connectivity index (χ3n) is 10.8. The predicted octanol–water partition coefficient (Wildman–Crippen LogP) is 13.0. The van der Waals surface area contributed by atoms with Crippen LogP contribution in [0.1, 0.15) is 50.7 Å². The summed E-state index contributed by atoms with van der Waals surface area (Å²) in [7, 11) is 0. The molecule has 5 aromatic heterocycles. The maximum absolute atomic E-state index is 6.70. The SMILES string of the molecule is CC(C)c1ccc(-n2c3ccccc3c3ccc(Oc4cc(Oc5ccc6c7ccccc7n(-c7ccc(C(C)C)cn7)c6c5)cc(-c5ncccn5)c4)cc32)nc1. The first-order chi connectivity index (χ1) is 28.4. The molecular weight excluding hydrogens is 717 g/mol. The molecule has 282 valence electrons. The summed E-state index contributed by atoms with van der Waals surface area (Å²) in [4.78, 5) is 18.9. The van der Waals surface area contributed by atoms with E-state index < -0.39 is 0 Å². The van der Waals surface area contributed by atoms with Gasteiger partial charge in [-0.25, -0.2) is 19.9 Å². The highest BCUT2D eigenvalue weighted by Crippen LogP contribution is 2.39. The molecule has 5 aromatic carbocycles. The number of ether oxygens (including phenoxy) is 2. The molecular formula is C50H40N6O2. The summed E-state index contributed by atoms with van der Waals surface area (Å²) in [6, 6.07) is 45.4. The van der Waals surface area contributed by atoms with Crippen molar-refractivity contribution in [1.82, 2.24) is 29.1 Å². The van der Waals surface area contributed by atoms with E-state index >= 15 is 0 Å². The van der Waals surface area contributed by atoms with E-state index in [0.717, 1.165) is 60.8 Å². The monoisotopic (exact) mass is 756 g/mol. The van der Waals surface area contributed by atoms with E-state index in [0.29, 0.717) is 40.7 Å². The first-order valence-electron chi connectivity index (χ1n) is 19.7. The van der Waals surface area contributed by atoms with Crippen molar-refractivity contribution in [3.63, 3.8) is 0 Å². The van der Waals surface area contributed by atoms with Crippen LogP contribution in [-0.2, 0) is 0 Å². The minimum absolute atomic E-state index is 0.394. The molecule has 0 aliphatic rings. The Morgan fingerprint density at radius 2 is 0.879 bits per heavy atom. The molecule has 0 bridgehead atoms. The average molecular weight is 757 g/mol. The number of aromatic nitrogens is 6. The van der Waals surface area contributed by atoms with Crippen LogP contribution in [-0.4, -0.2) is 29.1 Å². The molecule has 0 aliphatic heterocycles. The molecule has 5 heterocycles. The van der Waals surface area contributed by atoms with Gasteiger partial charge in [-0.1, -0.05) is 76.2 Å². The van der Waals surface area contributed by atoms with Gasteiger partial charge in [0.25, 0.3) is 0 Å². The Morgan fingerprint density at radius 1 is 0.414 bits per heavy atom. The quantitative estimate of drug-likeness (QED) is 0.146. The minimum atomic E-state index is 0.394. The highest BCUT2D eigenvalue weighted by molar-refractivity contribution is 6.10. The van der Waals surface area contributed by atoms with Gasteiger partial charge < -0.3 is 9.47 Å². The number of fused-ring (bicyclic) bond motifs is 6. The fourth-order valence-corrected chi connectivity index (χ4v) is 7.80. The van der Waals surface area contributed by atoms with E-state index in [1.165, 1.54) is 11.1 Å². The molecule has 0 amide bonds. The molecule has 0 atom stereocenters. The molecule has 58 heavy (non-hydrogen) atoms. The molecule has 0 aliphatic carbocycles. The Hall–Kier alpha value is -7.32. The maximum atomic E-state index is 6.70. The van der Waals surface area contributed by atoms with E-state index in [2.05, 4.69) is 144 Å². The van der Waals surface area contributed by atoms with Gasteiger partial charge in [0.1, 0.15) is 34.6 Å². The predicted molar refractivity (Wildman–Crippen MR) is 233 cm³/mol. The van der Waals surface area contributed by atoms with Crippen LogP contribution in [0.5, 0.6) is 23.0 Å². The van der Waals surface area contributed by atoms with Crippen LogP contribution < -0.4 is 9.47 Å². The lowest BCUT2D eigenvalue weighted by Gasteiger charge is -2.13. The van der Waals surface area contributed by atoms with E-state index in [1.54, 1.807) is 18.5 Å². The van der Waals surface area contributed by atoms with Crippen LogP contribution in [0.25, 0.3) is 66.6 Å². The normalized spacial score (nSPS) is 11.8. The topological polar surface area (TPSA) is 79.9 Å². The summed E-state index contributed by atoms with van der Waals surface area (Å²) in [5.74, 6) is 5.59. The Kier molecular flexibility index (Phi) is 8.67. The minimum Gasteiger partial charge on any atom is -0.457 e. The van der Waals surface area contributed by atoms with Crippen molar-refractivity contribution in [1.29, 1.82) is 0 Å². The molecule has 0 unspecified atom stereocenters. The Bertz CT molecular complexity index is 2920. The molecule has 8 heteroatoms.